The highest BCUT2D eigenvalue weighted by Crippen LogP contribution is 2.31. The first-order valence-corrected chi connectivity index (χ1v) is 8.01. The maximum Gasteiger partial charge on any atom is 0.0537 e. The Morgan fingerprint density at radius 3 is 2.53 bits per heavy atom. The second-order valence-electron chi connectivity index (χ2n) is 6.08. The fourth-order valence-corrected chi connectivity index (χ4v) is 3.23. The molecule has 0 bridgehead atoms. The first-order valence-electron chi connectivity index (χ1n) is 8.01. The van der Waals surface area contributed by atoms with Crippen molar-refractivity contribution in [3.05, 3.63) is 17.5 Å². The lowest BCUT2D eigenvalue weighted by atomic mass is 10.0. The summed E-state index contributed by atoms with van der Waals surface area (Å²) >= 11 is 0. The van der Waals surface area contributed by atoms with E-state index in [4.69, 9.17) is 5.10 Å². The van der Waals surface area contributed by atoms with Crippen LogP contribution >= 0.6 is 0 Å². The van der Waals surface area contributed by atoms with Gasteiger partial charge in [0.25, 0.3) is 0 Å². The van der Waals surface area contributed by atoms with Crippen molar-refractivity contribution in [2.75, 3.05) is 6.54 Å². The molecule has 1 heterocycles. The van der Waals surface area contributed by atoms with Gasteiger partial charge in [-0.25, -0.2) is 0 Å². The van der Waals surface area contributed by atoms with Gasteiger partial charge < -0.3 is 5.32 Å². The van der Waals surface area contributed by atoms with E-state index < -0.39 is 0 Å². The summed E-state index contributed by atoms with van der Waals surface area (Å²) in [6.45, 7) is 8.72. The number of nitrogens with zero attached hydrogens (tertiary/aromatic N) is 2. The highest BCUT2D eigenvalue weighted by molar-refractivity contribution is 5.21. The first-order chi connectivity index (χ1) is 9.24. The van der Waals surface area contributed by atoms with Gasteiger partial charge in [-0.3, -0.25) is 4.68 Å². The lowest BCUT2D eigenvalue weighted by molar-refractivity contribution is 0.387. The third-order valence-corrected chi connectivity index (χ3v) is 4.20. The van der Waals surface area contributed by atoms with Gasteiger partial charge in [-0.1, -0.05) is 46.5 Å². The molecule has 0 atom stereocenters. The van der Waals surface area contributed by atoms with Crippen LogP contribution in [0.1, 0.15) is 82.5 Å². The molecule has 0 amide bonds. The van der Waals surface area contributed by atoms with Crippen LogP contribution in [0.15, 0.2) is 6.20 Å². The Hall–Kier alpha value is -0.830. The van der Waals surface area contributed by atoms with Gasteiger partial charge in [-0.05, 0) is 25.3 Å². The van der Waals surface area contributed by atoms with E-state index in [-0.39, 0.29) is 0 Å². The highest BCUT2D eigenvalue weighted by Gasteiger charge is 2.21. The average molecular weight is 263 g/mol. The van der Waals surface area contributed by atoms with E-state index in [0.717, 1.165) is 13.1 Å². The zero-order valence-electron chi connectivity index (χ0n) is 12.8. The van der Waals surface area contributed by atoms with Crippen LogP contribution in [-0.4, -0.2) is 16.3 Å². The van der Waals surface area contributed by atoms with Crippen LogP contribution in [0.5, 0.6) is 0 Å². The molecular formula is C16H29N3. The van der Waals surface area contributed by atoms with Gasteiger partial charge in [-0.15, -0.1) is 0 Å². The second-order valence-corrected chi connectivity index (χ2v) is 6.08. The monoisotopic (exact) mass is 263 g/mol. The summed E-state index contributed by atoms with van der Waals surface area (Å²) < 4.78 is 2.35. The van der Waals surface area contributed by atoms with Crippen molar-refractivity contribution in [2.45, 2.75) is 77.8 Å². The molecule has 0 spiro atoms. The predicted octanol–water partition coefficient (Wildman–Crippen LogP) is 4.01. The van der Waals surface area contributed by atoms with Gasteiger partial charge >= 0.3 is 0 Å². The normalized spacial score (nSPS) is 17.9. The van der Waals surface area contributed by atoms with Crippen molar-refractivity contribution in [1.29, 1.82) is 0 Å². The van der Waals surface area contributed by atoms with Crippen molar-refractivity contribution in [1.82, 2.24) is 15.1 Å². The van der Waals surface area contributed by atoms with E-state index in [2.05, 4.69) is 37.0 Å². The van der Waals surface area contributed by atoms with Crippen LogP contribution in [0.4, 0.5) is 0 Å². The quantitative estimate of drug-likeness (QED) is 0.813. The smallest absolute Gasteiger partial charge is 0.0537 e. The summed E-state index contributed by atoms with van der Waals surface area (Å²) in [7, 11) is 0. The largest absolute Gasteiger partial charge is 0.313 e. The SMILES string of the molecule is CCNCc1cnn(C2CCCCCC2)c1C(C)C. The number of rotatable bonds is 5. The van der Waals surface area contributed by atoms with E-state index in [9.17, 15) is 0 Å². The fraction of sp³-hybridized carbons (Fsp3) is 0.812. The molecule has 0 aliphatic heterocycles. The summed E-state index contributed by atoms with van der Waals surface area (Å²) in [5, 5.41) is 8.17. The van der Waals surface area contributed by atoms with Gasteiger partial charge in [0.1, 0.15) is 0 Å². The summed E-state index contributed by atoms with van der Waals surface area (Å²) in [4.78, 5) is 0. The standard InChI is InChI=1S/C16H29N3/c1-4-17-11-14-12-18-19(16(14)13(2)3)15-9-7-5-6-8-10-15/h12-13,15,17H,4-11H2,1-3H3. The van der Waals surface area contributed by atoms with Crippen molar-refractivity contribution in [3.63, 3.8) is 0 Å². The predicted molar refractivity (Wildman–Crippen MR) is 80.4 cm³/mol. The minimum atomic E-state index is 0.555. The molecule has 3 heteroatoms. The summed E-state index contributed by atoms with van der Waals surface area (Å²) in [5.41, 5.74) is 2.84. The third kappa shape index (κ3) is 3.59. The van der Waals surface area contributed by atoms with Crippen molar-refractivity contribution < 1.29 is 0 Å². The molecule has 1 aliphatic rings. The van der Waals surface area contributed by atoms with Gasteiger partial charge in [-0.2, -0.15) is 5.10 Å². The van der Waals surface area contributed by atoms with Gasteiger partial charge in [0.15, 0.2) is 0 Å². The third-order valence-electron chi connectivity index (χ3n) is 4.20. The molecule has 19 heavy (non-hydrogen) atoms. The minimum absolute atomic E-state index is 0.555. The van der Waals surface area contributed by atoms with E-state index in [0.29, 0.717) is 12.0 Å². The summed E-state index contributed by atoms with van der Waals surface area (Å²) in [6, 6.07) is 0.635. The Kier molecular flexibility index (Phi) is 5.44. The van der Waals surface area contributed by atoms with Crippen LogP contribution < -0.4 is 5.32 Å². The molecule has 0 saturated heterocycles. The molecule has 2 rings (SSSR count). The van der Waals surface area contributed by atoms with E-state index in [1.54, 1.807) is 0 Å². The first kappa shape index (κ1) is 14.6. The van der Waals surface area contributed by atoms with Gasteiger partial charge in [0.2, 0.25) is 0 Å². The molecule has 108 valence electrons. The second kappa shape index (κ2) is 7.09. The zero-order valence-corrected chi connectivity index (χ0v) is 12.8. The maximum atomic E-state index is 4.73. The number of hydrogen-bond donors (Lipinski definition) is 1. The molecular weight excluding hydrogens is 234 g/mol. The minimum Gasteiger partial charge on any atom is -0.313 e. The van der Waals surface area contributed by atoms with E-state index in [1.165, 1.54) is 49.8 Å². The van der Waals surface area contributed by atoms with Crippen LogP contribution in [0.3, 0.4) is 0 Å². The van der Waals surface area contributed by atoms with Gasteiger partial charge in [0.05, 0.1) is 12.2 Å². The van der Waals surface area contributed by atoms with E-state index in [1.807, 2.05) is 0 Å². The molecule has 1 aromatic rings. The van der Waals surface area contributed by atoms with Crippen LogP contribution in [0.25, 0.3) is 0 Å². The Morgan fingerprint density at radius 1 is 1.26 bits per heavy atom. The summed E-state index contributed by atoms with van der Waals surface area (Å²) in [6.07, 6.45) is 10.2. The number of hydrogen-bond acceptors (Lipinski definition) is 2. The molecule has 1 aliphatic carbocycles. The van der Waals surface area contributed by atoms with Gasteiger partial charge in [0, 0.05) is 17.8 Å². The highest BCUT2D eigenvalue weighted by atomic mass is 15.3. The Balaban J connectivity index is 2.20. The molecule has 1 N–H and O–H groups in total. The zero-order chi connectivity index (χ0) is 13.7. The van der Waals surface area contributed by atoms with Crippen LogP contribution in [0, 0.1) is 0 Å². The lowest BCUT2D eigenvalue weighted by Crippen LogP contribution is -2.17. The average Bonchev–Trinajstić information content (AvgIpc) is 2.63. The summed E-state index contributed by atoms with van der Waals surface area (Å²) in [5.74, 6) is 0.555. The number of aromatic nitrogens is 2. The molecule has 3 nitrogen and oxygen atoms in total. The van der Waals surface area contributed by atoms with Crippen LogP contribution in [0.2, 0.25) is 0 Å². The van der Waals surface area contributed by atoms with Crippen molar-refractivity contribution >= 4 is 0 Å². The lowest BCUT2D eigenvalue weighted by Gasteiger charge is -2.21. The Bertz CT molecular complexity index is 373. The molecule has 0 unspecified atom stereocenters. The molecule has 0 radical (unpaired) electrons. The Morgan fingerprint density at radius 2 is 1.95 bits per heavy atom. The Labute approximate surface area is 117 Å². The number of nitrogens with one attached hydrogen (secondary N) is 1. The molecule has 1 fully saturated rings. The van der Waals surface area contributed by atoms with Crippen molar-refractivity contribution in [3.8, 4) is 0 Å². The molecule has 1 saturated carbocycles. The molecule has 0 aromatic carbocycles. The van der Waals surface area contributed by atoms with Crippen molar-refractivity contribution in [2.24, 2.45) is 0 Å². The topological polar surface area (TPSA) is 29.9 Å². The fourth-order valence-electron chi connectivity index (χ4n) is 3.23. The molecule has 1 aromatic heterocycles. The van der Waals surface area contributed by atoms with Crippen LogP contribution in [-0.2, 0) is 6.54 Å². The van der Waals surface area contributed by atoms with E-state index >= 15 is 0 Å². The maximum absolute atomic E-state index is 4.73.